The minimum atomic E-state index is -0.678. The summed E-state index contributed by atoms with van der Waals surface area (Å²) in [4.78, 5) is 23.5. The van der Waals surface area contributed by atoms with Gasteiger partial charge in [0, 0.05) is 19.2 Å². The van der Waals surface area contributed by atoms with Gasteiger partial charge in [0.1, 0.15) is 0 Å². The molecule has 0 aliphatic carbocycles. The van der Waals surface area contributed by atoms with Crippen LogP contribution in [0.25, 0.3) is 0 Å². The molecule has 0 saturated carbocycles. The van der Waals surface area contributed by atoms with E-state index in [0.29, 0.717) is 16.3 Å². The van der Waals surface area contributed by atoms with E-state index in [2.05, 4.69) is 10.6 Å². The lowest BCUT2D eigenvalue weighted by Crippen LogP contribution is -2.43. The highest BCUT2D eigenvalue weighted by Crippen LogP contribution is 2.20. The van der Waals surface area contributed by atoms with Crippen LogP contribution in [0.5, 0.6) is 0 Å². The molecule has 0 aromatic heterocycles. The molecule has 0 unspecified atom stereocenters. The first-order valence-electron chi connectivity index (χ1n) is 5.83. The highest BCUT2D eigenvalue weighted by Gasteiger charge is 2.27. The van der Waals surface area contributed by atoms with E-state index in [4.69, 9.17) is 17.3 Å². The number of nitrogen functional groups attached to an aromatic ring is 1. The molecular weight excluding hydrogens is 266 g/mol. The van der Waals surface area contributed by atoms with E-state index in [1.165, 1.54) is 6.07 Å². The number of amides is 2. The van der Waals surface area contributed by atoms with Gasteiger partial charge >= 0.3 is 0 Å². The average Bonchev–Trinajstić information content (AvgIpc) is 2.38. The molecule has 0 heterocycles. The second-order valence-electron chi connectivity index (χ2n) is 4.88. The standard InChI is InChI=1S/C13H18ClN3O2/c1-13(2,12(19)16-3)7-17-11(18)8-4-5-9(14)10(15)6-8/h4-6H,7,15H2,1-3H3,(H,16,19)(H,17,18). The van der Waals surface area contributed by atoms with Gasteiger partial charge in [-0.1, -0.05) is 11.6 Å². The molecule has 0 saturated heterocycles. The predicted octanol–water partition coefficient (Wildman–Crippen LogP) is 1.42. The van der Waals surface area contributed by atoms with E-state index in [-0.39, 0.29) is 18.4 Å². The van der Waals surface area contributed by atoms with Crippen molar-refractivity contribution < 1.29 is 9.59 Å². The molecule has 0 bridgehead atoms. The molecule has 104 valence electrons. The Labute approximate surface area is 117 Å². The Hall–Kier alpha value is -1.75. The van der Waals surface area contributed by atoms with Crippen molar-refractivity contribution in [2.24, 2.45) is 5.41 Å². The van der Waals surface area contributed by atoms with Gasteiger partial charge in [0.15, 0.2) is 0 Å². The maximum atomic E-state index is 11.9. The molecule has 0 fully saturated rings. The molecule has 19 heavy (non-hydrogen) atoms. The summed E-state index contributed by atoms with van der Waals surface area (Å²) in [6.07, 6.45) is 0. The third-order valence-corrected chi connectivity index (χ3v) is 3.14. The van der Waals surface area contributed by atoms with Crippen LogP contribution in [-0.2, 0) is 4.79 Å². The molecule has 0 radical (unpaired) electrons. The van der Waals surface area contributed by atoms with Gasteiger partial charge in [0.25, 0.3) is 5.91 Å². The normalized spacial score (nSPS) is 10.9. The van der Waals surface area contributed by atoms with Gasteiger partial charge < -0.3 is 16.4 Å². The lowest BCUT2D eigenvalue weighted by molar-refractivity contribution is -0.128. The first-order valence-corrected chi connectivity index (χ1v) is 6.21. The van der Waals surface area contributed by atoms with E-state index in [1.807, 2.05) is 0 Å². The Kier molecular flexibility index (Phi) is 4.78. The molecule has 1 aromatic carbocycles. The van der Waals surface area contributed by atoms with Crippen molar-refractivity contribution in [2.75, 3.05) is 19.3 Å². The molecule has 2 amide bonds. The summed E-state index contributed by atoms with van der Waals surface area (Å²) < 4.78 is 0. The van der Waals surface area contributed by atoms with Crippen molar-refractivity contribution in [1.82, 2.24) is 10.6 Å². The van der Waals surface area contributed by atoms with Crippen molar-refractivity contribution in [1.29, 1.82) is 0 Å². The van der Waals surface area contributed by atoms with Crippen molar-refractivity contribution in [3.05, 3.63) is 28.8 Å². The van der Waals surface area contributed by atoms with Crippen molar-refractivity contribution >= 4 is 29.1 Å². The summed E-state index contributed by atoms with van der Waals surface area (Å²) in [6, 6.07) is 4.65. The van der Waals surface area contributed by atoms with E-state index in [9.17, 15) is 9.59 Å². The second-order valence-corrected chi connectivity index (χ2v) is 5.29. The molecule has 6 heteroatoms. The van der Waals surface area contributed by atoms with Crippen LogP contribution in [0.2, 0.25) is 5.02 Å². The van der Waals surface area contributed by atoms with Gasteiger partial charge in [-0.3, -0.25) is 9.59 Å². The fourth-order valence-electron chi connectivity index (χ4n) is 1.51. The van der Waals surface area contributed by atoms with Crippen LogP contribution in [0.15, 0.2) is 18.2 Å². The zero-order valence-electron chi connectivity index (χ0n) is 11.2. The van der Waals surface area contributed by atoms with Crippen LogP contribution in [0.3, 0.4) is 0 Å². The highest BCUT2D eigenvalue weighted by molar-refractivity contribution is 6.33. The van der Waals surface area contributed by atoms with Gasteiger partial charge in [-0.2, -0.15) is 0 Å². The molecule has 1 rings (SSSR count). The summed E-state index contributed by atoms with van der Waals surface area (Å²) in [6.45, 7) is 3.73. The van der Waals surface area contributed by atoms with Crippen molar-refractivity contribution in [2.45, 2.75) is 13.8 Å². The fraction of sp³-hybridized carbons (Fsp3) is 0.385. The third-order valence-electron chi connectivity index (χ3n) is 2.79. The fourth-order valence-corrected chi connectivity index (χ4v) is 1.62. The lowest BCUT2D eigenvalue weighted by Gasteiger charge is -2.22. The topological polar surface area (TPSA) is 84.2 Å². The smallest absolute Gasteiger partial charge is 0.251 e. The molecule has 4 N–H and O–H groups in total. The van der Waals surface area contributed by atoms with Crippen LogP contribution >= 0.6 is 11.6 Å². The first-order chi connectivity index (χ1) is 8.77. The largest absolute Gasteiger partial charge is 0.398 e. The Morgan fingerprint density at radius 3 is 2.53 bits per heavy atom. The van der Waals surface area contributed by atoms with Crippen LogP contribution in [-0.4, -0.2) is 25.4 Å². The number of nitrogens with one attached hydrogen (secondary N) is 2. The molecule has 0 atom stereocenters. The number of anilines is 1. The number of benzene rings is 1. The number of halogens is 1. The maximum absolute atomic E-state index is 11.9. The van der Waals surface area contributed by atoms with Gasteiger partial charge in [0.05, 0.1) is 16.1 Å². The number of hydrogen-bond acceptors (Lipinski definition) is 3. The average molecular weight is 284 g/mol. The monoisotopic (exact) mass is 283 g/mol. The van der Waals surface area contributed by atoms with Crippen LogP contribution in [0.1, 0.15) is 24.2 Å². The van der Waals surface area contributed by atoms with Gasteiger partial charge in [-0.25, -0.2) is 0 Å². The van der Waals surface area contributed by atoms with Gasteiger partial charge in [0.2, 0.25) is 5.91 Å². The summed E-state index contributed by atoms with van der Waals surface area (Å²) in [5.41, 5.74) is 5.71. The van der Waals surface area contributed by atoms with E-state index >= 15 is 0 Å². The number of hydrogen-bond donors (Lipinski definition) is 3. The molecule has 0 spiro atoms. The van der Waals surface area contributed by atoms with E-state index in [1.54, 1.807) is 33.0 Å². The predicted molar refractivity (Wildman–Crippen MR) is 76.0 cm³/mol. The van der Waals surface area contributed by atoms with Crippen LogP contribution in [0, 0.1) is 5.41 Å². The van der Waals surface area contributed by atoms with Crippen LogP contribution < -0.4 is 16.4 Å². The third kappa shape index (κ3) is 3.86. The highest BCUT2D eigenvalue weighted by atomic mass is 35.5. The molecule has 1 aromatic rings. The minimum absolute atomic E-state index is 0.136. The van der Waals surface area contributed by atoms with E-state index < -0.39 is 5.41 Å². The molecule has 5 nitrogen and oxygen atoms in total. The number of carbonyl (C=O) groups is 2. The lowest BCUT2D eigenvalue weighted by atomic mass is 9.92. The minimum Gasteiger partial charge on any atom is -0.398 e. The quantitative estimate of drug-likeness (QED) is 0.731. The molecule has 0 aliphatic heterocycles. The van der Waals surface area contributed by atoms with Gasteiger partial charge in [-0.05, 0) is 32.0 Å². The summed E-state index contributed by atoms with van der Waals surface area (Å²) in [5, 5.41) is 5.67. The maximum Gasteiger partial charge on any atom is 0.251 e. The zero-order valence-corrected chi connectivity index (χ0v) is 12.0. The summed E-state index contributed by atoms with van der Waals surface area (Å²) in [7, 11) is 1.56. The van der Waals surface area contributed by atoms with E-state index in [0.717, 1.165) is 0 Å². The second kappa shape index (κ2) is 5.93. The Morgan fingerprint density at radius 1 is 1.37 bits per heavy atom. The Morgan fingerprint density at radius 2 is 2.00 bits per heavy atom. The summed E-state index contributed by atoms with van der Waals surface area (Å²) >= 11 is 5.79. The van der Waals surface area contributed by atoms with Crippen molar-refractivity contribution in [3.8, 4) is 0 Å². The molecule has 0 aliphatic rings. The van der Waals surface area contributed by atoms with Crippen molar-refractivity contribution in [3.63, 3.8) is 0 Å². The number of nitrogens with two attached hydrogens (primary N) is 1. The Bertz CT molecular complexity index is 501. The molecular formula is C13H18ClN3O2. The SMILES string of the molecule is CNC(=O)C(C)(C)CNC(=O)c1ccc(Cl)c(N)c1. The van der Waals surface area contributed by atoms with Gasteiger partial charge in [-0.15, -0.1) is 0 Å². The first kappa shape index (κ1) is 15.3. The zero-order chi connectivity index (χ0) is 14.6. The van der Waals surface area contributed by atoms with Crippen LogP contribution in [0.4, 0.5) is 5.69 Å². The number of carbonyl (C=O) groups excluding carboxylic acids is 2. The Balaban J connectivity index is 2.70. The summed E-state index contributed by atoms with van der Waals surface area (Å²) in [5.74, 6) is -0.427. The number of rotatable bonds is 4.